The highest BCUT2D eigenvalue weighted by Gasteiger charge is 2.14. The maximum Gasteiger partial charge on any atom is 0.291 e. The summed E-state index contributed by atoms with van der Waals surface area (Å²) in [4.78, 5) is 12.1. The summed E-state index contributed by atoms with van der Waals surface area (Å²) in [5.41, 5.74) is 1.66. The Morgan fingerprint density at radius 3 is 2.64 bits per heavy atom. The maximum absolute atomic E-state index is 13.6. The number of carbonyl (C=O) groups excluding carboxylic acids is 1. The zero-order valence-electron chi connectivity index (χ0n) is 11.7. The fraction of sp³-hybridized carbons (Fsp3) is 0.118. The molecule has 0 fully saturated rings. The molecule has 0 unspecified atom stereocenters. The highest BCUT2D eigenvalue weighted by molar-refractivity contribution is 6.04. The lowest BCUT2D eigenvalue weighted by atomic mass is 10.1. The molecule has 112 valence electrons. The molecule has 0 aliphatic carbocycles. The third-order valence-corrected chi connectivity index (χ3v) is 3.33. The average Bonchev–Trinajstić information content (AvgIpc) is 2.95. The van der Waals surface area contributed by atoms with Crippen molar-refractivity contribution in [3.05, 3.63) is 65.7 Å². The lowest BCUT2D eigenvalue weighted by Gasteiger charge is -2.04. The summed E-state index contributed by atoms with van der Waals surface area (Å²) in [7, 11) is 0. The largest absolute Gasteiger partial charge is 0.448 e. The molecule has 3 aromatic rings. The molecule has 1 heterocycles. The van der Waals surface area contributed by atoms with Crippen molar-refractivity contribution >= 4 is 22.6 Å². The van der Waals surface area contributed by atoms with E-state index >= 15 is 0 Å². The van der Waals surface area contributed by atoms with Crippen molar-refractivity contribution in [1.82, 2.24) is 0 Å². The van der Waals surface area contributed by atoms with Crippen LogP contribution in [0.15, 0.2) is 52.9 Å². The number of hydrogen-bond acceptors (Lipinski definition) is 3. The molecule has 2 N–H and O–H groups in total. The summed E-state index contributed by atoms with van der Waals surface area (Å²) in [5.74, 6) is -0.880. The number of carbonyl (C=O) groups is 1. The molecule has 0 spiro atoms. The van der Waals surface area contributed by atoms with Gasteiger partial charge in [-0.1, -0.05) is 24.3 Å². The highest BCUT2D eigenvalue weighted by atomic mass is 19.1. The Morgan fingerprint density at radius 1 is 1.18 bits per heavy atom. The van der Waals surface area contributed by atoms with Crippen molar-refractivity contribution in [2.24, 2.45) is 0 Å². The van der Waals surface area contributed by atoms with E-state index < -0.39 is 11.7 Å². The van der Waals surface area contributed by atoms with Gasteiger partial charge in [0, 0.05) is 17.7 Å². The van der Waals surface area contributed by atoms with E-state index in [0.29, 0.717) is 17.5 Å². The summed E-state index contributed by atoms with van der Waals surface area (Å²) in [6.07, 6.45) is 0.567. The van der Waals surface area contributed by atoms with Gasteiger partial charge in [0.15, 0.2) is 17.2 Å². The molecule has 0 aliphatic rings. The fourth-order valence-electron chi connectivity index (χ4n) is 2.22. The molecule has 3 rings (SSSR count). The van der Waals surface area contributed by atoms with E-state index in [1.54, 1.807) is 24.3 Å². The first kappa shape index (κ1) is 14.3. The fourth-order valence-corrected chi connectivity index (χ4v) is 2.22. The summed E-state index contributed by atoms with van der Waals surface area (Å²) in [6, 6.07) is 13.2. The smallest absolute Gasteiger partial charge is 0.291 e. The molecule has 0 bridgehead atoms. The van der Waals surface area contributed by atoms with Crippen LogP contribution < -0.4 is 5.32 Å². The molecule has 1 amide bonds. The molecule has 4 nitrogen and oxygen atoms in total. The lowest BCUT2D eigenvalue weighted by Crippen LogP contribution is -2.10. The molecule has 2 aromatic carbocycles. The van der Waals surface area contributed by atoms with Gasteiger partial charge >= 0.3 is 0 Å². The van der Waals surface area contributed by atoms with Gasteiger partial charge in [0.2, 0.25) is 0 Å². The predicted molar refractivity (Wildman–Crippen MR) is 81.4 cm³/mol. The number of halogens is 1. The van der Waals surface area contributed by atoms with E-state index in [0.717, 1.165) is 5.56 Å². The molecular weight excluding hydrogens is 285 g/mol. The second-order valence-corrected chi connectivity index (χ2v) is 4.89. The third kappa shape index (κ3) is 2.84. The number of aliphatic hydroxyl groups is 1. The highest BCUT2D eigenvalue weighted by Crippen LogP contribution is 2.22. The maximum atomic E-state index is 13.6. The van der Waals surface area contributed by atoms with Gasteiger partial charge in [0.1, 0.15) is 0 Å². The summed E-state index contributed by atoms with van der Waals surface area (Å²) >= 11 is 0. The van der Waals surface area contributed by atoms with Crippen molar-refractivity contribution in [1.29, 1.82) is 0 Å². The van der Waals surface area contributed by atoms with Crippen molar-refractivity contribution in [3.8, 4) is 0 Å². The van der Waals surface area contributed by atoms with E-state index in [9.17, 15) is 9.18 Å². The number of aliphatic hydroxyl groups excluding tert-OH is 1. The van der Waals surface area contributed by atoms with Crippen LogP contribution >= 0.6 is 0 Å². The van der Waals surface area contributed by atoms with Crippen LogP contribution in [0, 0.1) is 5.82 Å². The van der Waals surface area contributed by atoms with Crippen LogP contribution in [0.5, 0.6) is 0 Å². The summed E-state index contributed by atoms with van der Waals surface area (Å²) < 4.78 is 18.8. The van der Waals surface area contributed by atoms with Crippen LogP contribution in [0.1, 0.15) is 16.1 Å². The Hall–Kier alpha value is -2.66. The Kier molecular flexibility index (Phi) is 3.89. The summed E-state index contributed by atoms with van der Waals surface area (Å²) in [5, 5.41) is 12.1. The quantitative estimate of drug-likeness (QED) is 0.776. The molecule has 0 radical (unpaired) electrons. The zero-order valence-corrected chi connectivity index (χ0v) is 11.7. The minimum atomic E-state index is -0.495. The van der Waals surface area contributed by atoms with Gasteiger partial charge in [-0.15, -0.1) is 0 Å². The van der Waals surface area contributed by atoms with Gasteiger partial charge in [-0.25, -0.2) is 4.39 Å². The van der Waals surface area contributed by atoms with Crippen molar-refractivity contribution in [2.75, 3.05) is 11.9 Å². The lowest BCUT2D eigenvalue weighted by molar-refractivity contribution is 0.0998. The molecule has 0 saturated carbocycles. The van der Waals surface area contributed by atoms with Crippen molar-refractivity contribution in [3.63, 3.8) is 0 Å². The minimum absolute atomic E-state index is 0.0551. The zero-order chi connectivity index (χ0) is 15.5. The molecular formula is C17H14FNO3. The molecule has 0 aliphatic heterocycles. The second-order valence-electron chi connectivity index (χ2n) is 4.89. The van der Waals surface area contributed by atoms with E-state index in [1.165, 1.54) is 12.1 Å². The molecule has 1 aromatic heterocycles. The van der Waals surface area contributed by atoms with E-state index in [4.69, 9.17) is 9.52 Å². The number of rotatable bonds is 4. The number of nitrogens with one attached hydrogen (secondary N) is 1. The molecule has 22 heavy (non-hydrogen) atoms. The Labute approximate surface area is 126 Å². The minimum Gasteiger partial charge on any atom is -0.448 e. The predicted octanol–water partition coefficient (Wildman–Crippen LogP) is 3.36. The van der Waals surface area contributed by atoms with Crippen molar-refractivity contribution in [2.45, 2.75) is 6.42 Å². The first-order valence-corrected chi connectivity index (χ1v) is 6.86. The number of hydrogen-bond donors (Lipinski definition) is 2. The van der Waals surface area contributed by atoms with Gasteiger partial charge in [0.05, 0.1) is 0 Å². The Bertz CT molecular complexity index is 808. The van der Waals surface area contributed by atoms with Gasteiger partial charge in [-0.05, 0) is 36.2 Å². The monoisotopic (exact) mass is 299 g/mol. The normalized spacial score (nSPS) is 10.8. The van der Waals surface area contributed by atoms with Crippen molar-refractivity contribution < 1.29 is 18.7 Å². The molecule has 0 atom stereocenters. The topological polar surface area (TPSA) is 62.5 Å². The Balaban J connectivity index is 1.79. The van der Waals surface area contributed by atoms with E-state index in [-0.39, 0.29) is 18.0 Å². The SMILES string of the molecule is O=C(Nc1ccc(CCO)cc1)c1cc2cccc(F)c2o1. The Morgan fingerprint density at radius 2 is 1.95 bits per heavy atom. The molecule has 0 saturated heterocycles. The summed E-state index contributed by atoms with van der Waals surface area (Å²) in [6.45, 7) is 0.0796. The van der Waals surface area contributed by atoms with Crippen LogP contribution in [0.3, 0.4) is 0 Å². The van der Waals surface area contributed by atoms with Gasteiger partial charge < -0.3 is 14.8 Å². The number of benzene rings is 2. The number of anilines is 1. The number of para-hydroxylation sites is 1. The number of furan rings is 1. The first-order chi connectivity index (χ1) is 10.7. The standard InChI is InChI=1S/C17H14FNO3/c18-14-3-1-2-12-10-15(22-16(12)14)17(21)19-13-6-4-11(5-7-13)8-9-20/h1-7,10,20H,8-9H2,(H,19,21). The second kappa shape index (κ2) is 5.99. The van der Waals surface area contributed by atoms with Crippen LogP contribution in [0.25, 0.3) is 11.0 Å². The van der Waals surface area contributed by atoms with E-state index in [2.05, 4.69) is 5.32 Å². The van der Waals surface area contributed by atoms with Crippen LogP contribution in [0.4, 0.5) is 10.1 Å². The number of fused-ring (bicyclic) bond motifs is 1. The average molecular weight is 299 g/mol. The number of amides is 1. The van der Waals surface area contributed by atoms with Gasteiger partial charge in [-0.3, -0.25) is 4.79 Å². The van der Waals surface area contributed by atoms with Gasteiger partial charge in [0.25, 0.3) is 5.91 Å². The first-order valence-electron chi connectivity index (χ1n) is 6.86. The van der Waals surface area contributed by atoms with Crippen LogP contribution in [-0.4, -0.2) is 17.6 Å². The van der Waals surface area contributed by atoms with E-state index in [1.807, 2.05) is 12.1 Å². The van der Waals surface area contributed by atoms with Crippen LogP contribution in [-0.2, 0) is 6.42 Å². The van der Waals surface area contributed by atoms with Gasteiger partial charge in [-0.2, -0.15) is 0 Å². The van der Waals surface area contributed by atoms with Crippen LogP contribution in [0.2, 0.25) is 0 Å². The molecule has 5 heteroatoms. The third-order valence-electron chi connectivity index (χ3n) is 3.33.